The molecule has 0 spiro atoms. The molecule has 0 atom stereocenters. The van der Waals surface area contributed by atoms with Crippen LogP contribution in [0.25, 0.3) is 0 Å². The summed E-state index contributed by atoms with van der Waals surface area (Å²) in [5, 5.41) is 0. The number of rotatable bonds is 0. The minimum absolute atomic E-state index is 0. The second kappa shape index (κ2) is 6.16. The van der Waals surface area contributed by atoms with Crippen LogP contribution < -0.4 is 0 Å². The molecule has 0 aliphatic heterocycles. The zero-order valence-corrected chi connectivity index (χ0v) is 8.27. The summed E-state index contributed by atoms with van der Waals surface area (Å²) in [5.41, 5.74) is 0. The largest absolute Gasteiger partial charge is 2.00 e. The fourth-order valence-electron chi connectivity index (χ4n) is 0. The molecular weight excluding hydrogens is 180 g/mol. The average Bonchev–Trinajstić information content (AvgIpc) is 0.722. The molecule has 7 heteroatoms. The predicted molar refractivity (Wildman–Crippen MR) is 22.6 cm³/mol. The summed E-state index contributed by atoms with van der Waals surface area (Å²) in [6.07, 6.45) is 0. The number of hydrogen-bond acceptors (Lipinski definition) is 4. The van der Waals surface area contributed by atoms with Crippen LogP contribution in [-0.2, 0) is 21.7 Å². The Bertz CT molecular complexity index is 34.0. The third kappa shape index (κ3) is 70.8. The van der Waals surface area contributed by atoms with Gasteiger partial charge in [0.25, 0.3) is 0 Å². The average molecular weight is 186 g/mol. The molecule has 0 bridgehead atoms. The van der Waals surface area contributed by atoms with E-state index < -0.39 is 9.05 Å². The minimum Gasteiger partial charge on any atom is -1.00 e. The van der Waals surface area contributed by atoms with Crippen molar-refractivity contribution in [3.8, 4) is 0 Å². The van der Waals surface area contributed by atoms with E-state index in [9.17, 15) is 0 Å². The quantitative estimate of drug-likeness (QED) is 0.309. The summed E-state index contributed by atoms with van der Waals surface area (Å²) < 4.78 is 0. The van der Waals surface area contributed by atoms with Crippen LogP contribution in [-0.4, -0.2) is 66.0 Å². The third-order valence-corrected chi connectivity index (χ3v) is 0. The maximum atomic E-state index is 7.33. The van der Waals surface area contributed by atoms with Gasteiger partial charge in [-0.15, -0.1) is 0 Å². The van der Waals surface area contributed by atoms with E-state index in [0.717, 1.165) is 0 Å². The molecule has 0 saturated heterocycles. The van der Waals surface area contributed by atoms with Gasteiger partial charge in [0, 0.05) is 21.7 Å². The molecule has 4 nitrogen and oxygen atoms in total. The molecule has 0 radical (unpaired) electrons. The van der Waals surface area contributed by atoms with Crippen LogP contribution in [0.15, 0.2) is 0 Å². The standard InChI is InChI=1S/Ca.H4O4Si.Ti.2H/c;1-5(2,3)4;;;/h;1-4H;;;/q+2;;;2*-1. The second-order valence-corrected chi connectivity index (χ2v) is 1.80. The van der Waals surface area contributed by atoms with E-state index in [1.54, 1.807) is 0 Å². The van der Waals surface area contributed by atoms with E-state index in [2.05, 4.69) is 0 Å². The monoisotopic (exact) mass is 186 g/mol. The van der Waals surface area contributed by atoms with Gasteiger partial charge in [0.05, 0.1) is 0 Å². The minimum atomic E-state index is -4.61. The van der Waals surface area contributed by atoms with Gasteiger partial charge in [-0.05, 0) is 0 Å². The Hall–Kier alpha value is 2.03. The van der Waals surface area contributed by atoms with Gasteiger partial charge in [-0.3, -0.25) is 0 Å². The van der Waals surface area contributed by atoms with Crippen molar-refractivity contribution < 1.29 is 43.8 Å². The Morgan fingerprint density at radius 1 is 1.00 bits per heavy atom. The van der Waals surface area contributed by atoms with E-state index in [1.807, 2.05) is 0 Å². The van der Waals surface area contributed by atoms with Gasteiger partial charge < -0.3 is 22.0 Å². The Morgan fingerprint density at radius 3 is 1.00 bits per heavy atom. The SMILES string of the molecule is O[Si](O)(O)O.[Ca+2].[H-].[H-].[Ti]. The van der Waals surface area contributed by atoms with E-state index >= 15 is 0 Å². The Labute approximate surface area is 89.5 Å². The van der Waals surface area contributed by atoms with Crippen LogP contribution >= 0.6 is 0 Å². The van der Waals surface area contributed by atoms with Crippen molar-refractivity contribution in [3.05, 3.63) is 0 Å². The van der Waals surface area contributed by atoms with Crippen LogP contribution in [0.2, 0.25) is 0 Å². The first kappa shape index (κ1) is 16.0. The van der Waals surface area contributed by atoms with E-state index in [0.29, 0.717) is 0 Å². The van der Waals surface area contributed by atoms with Crippen molar-refractivity contribution in [2.45, 2.75) is 0 Å². The molecule has 40 valence electrons. The van der Waals surface area contributed by atoms with E-state index in [4.69, 9.17) is 19.2 Å². The van der Waals surface area contributed by atoms with Gasteiger partial charge in [-0.25, -0.2) is 0 Å². The fraction of sp³-hybridized carbons (Fsp3) is 0. The van der Waals surface area contributed by atoms with Crippen molar-refractivity contribution in [1.82, 2.24) is 0 Å². The molecule has 0 unspecified atom stereocenters. The van der Waals surface area contributed by atoms with Crippen molar-refractivity contribution in [2.75, 3.05) is 0 Å². The summed E-state index contributed by atoms with van der Waals surface area (Å²) in [6.45, 7) is 0. The van der Waals surface area contributed by atoms with Gasteiger partial charge in [-0.2, -0.15) is 0 Å². The molecule has 0 aromatic carbocycles. The molecule has 0 fully saturated rings. The first-order chi connectivity index (χ1) is 2.00. The van der Waals surface area contributed by atoms with Gasteiger partial charge in [-0.1, -0.05) is 0 Å². The van der Waals surface area contributed by atoms with Crippen LogP contribution in [0.5, 0.6) is 0 Å². The van der Waals surface area contributed by atoms with Crippen molar-refractivity contribution in [1.29, 1.82) is 0 Å². The topological polar surface area (TPSA) is 80.9 Å². The van der Waals surface area contributed by atoms with Crippen LogP contribution in [0.1, 0.15) is 2.85 Å². The molecule has 0 amide bonds. The molecule has 0 aliphatic carbocycles. The van der Waals surface area contributed by atoms with Gasteiger partial charge in [0.15, 0.2) is 0 Å². The zero-order valence-electron chi connectivity index (χ0n) is 5.50. The fourth-order valence-corrected chi connectivity index (χ4v) is 0. The van der Waals surface area contributed by atoms with Crippen LogP contribution in [0.3, 0.4) is 0 Å². The summed E-state index contributed by atoms with van der Waals surface area (Å²) in [6, 6.07) is 0. The normalized spacial score (nSPS) is 8.57. The predicted octanol–water partition coefficient (Wildman–Crippen LogP) is -2.77. The zero-order chi connectivity index (χ0) is 4.50. The molecule has 0 heterocycles. The van der Waals surface area contributed by atoms with Crippen molar-refractivity contribution in [3.63, 3.8) is 0 Å². The molecule has 0 saturated carbocycles. The summed E-state index contributed by atoms with van der Waals surface area (Å²) in [5.74, 6) is 0. The first-order valence-electron chi connectivity index (χ1n) is 0.894. The molecule has 7 heavy (non-hydrogen) atoms. The summed E-state index contributed by atoms with van der Waals surface area (Å²) in [4.78, 5) is 29.3. The van der Waals surface area contributed by atoms with Crippen molar-refractivity contribution >= 4 is 46.8 Å². The Morgan fingerprint density at radius 2 is 1.00 bits per heavy atom. The third-order valence-electron chi connectivity index (χ3n) is 0. The smallest absolute Gasteiger partial charge is 1.00 e. The first-order valence-corrected chi connectivity index (χ1v) is 2.68. The summed E-state index contributed by atoms with van der Waals surface area (Å²) in [7, 11) is -4.61. The maximum Gasteiger partial charge on any atom is 2.00 e. The van der Waals surface area contributed by atoms with E-state index in [1.165, 1.54) is 0 Å². The van der Waals surface area contributed by atoms with Gasteiger partial charge >= 0.3 is 46.8 Å². The molecule has 0 aromatic rings. The molecule has 0 rings (SSSR count). The summed E-state index contributed by atoms with van der Waals surface area (Å²) >= 11 is 0. The second-order valence-electron chi connectivity index (χ2n) is 0.600. The maximum absolute atomic E-state index is 7.33. The van der Waals surface area contributed by atoms with Crippen molar-refractivity contribution in [2.24, 2.45) is 0 Å². The van der Waals surface area contributed by atoms with Gasteiger partial charge in [0.1, 0.15) is 0 Å². The molecule has 0 aliphatic rings. The Balaban J connectivity index is -0.0000000133. The number of hydrogen-bond donors (Lipinski definition) is 4. The molecule has 0 aromatic heterocycles. The van der Waals surface area contributed by atoms with Crippen LogP contribution in [0.4, 0.5) is 0 Å². The van der Waals surface area contributed by atoms with Gasteiger partial charge in [0.2, 0.25) is 0 Å². The molecule has 4 N–H and O–H groups in total. The molecular formula is H6CaO4SiTi. The van der Waals surface area contributed by atoms with E-state index in [-0.39, 0.29) is 62.3 Å². The Kier molecular flexibility index (Phi) is 14.1. The van der Waals surface area contributed by atoms with Crippen LogP contribution in [0, 0.1) is 0 Å².